The summed E-state index contributed by atoms with van der Waals surface area (Å²) in [5, 5.41) is 2.43. The van der Waals surface area contributed by atoms with Gasteiger partial charge in [0, 0.05) is 17.0 Å². The molecule has 3 N–H and O–H groups in total. The molecule has 114 valence electrons. The van der Waals surface area contributed by atoms with Crippen molar-refractivity contribution in [1.29, 1.82) is 0 Å². The Hall–Kier alpha value is -2.02. The zero-order chi connectivity index (χ0) is 15.8. The molecule has 2 amide bonds. The zero-order valence-corrected chi connectivity index (χ0v) is 12.7. The lowest BCUT2D eigenvalue weighted by molar-refractivity contribution is -0.140. The number of benzene rings is 1. The fourth-order valence-corrected chi connectivity index (χ4v) is 2.31. The van der Waals surface area contributed by atoms with Gasteiger partial charge < -0.3 is 15.8 Å². The first kappa shape index (κ1) is 17.0. The largest absolute Gasteiger partial charge is 0.469 e. The van der Waals surface area contributed by atoms with Gasteiger partial charge in [-0.25, -0.2) is 0 Å². The van der Waals surface area contributed by atoms with Crippen LogP contribution >= 0.6 is 11.8 Å². The molecule has 0 spiro atoms. The van der Waals surface area contributed by atoms with Crippen LogP contribution in [0.4, 0.5) is 5.69 Å². The molecule has 0 saturated carbocycles. The fraction of sp³-hybridized carbons (Fsp3) is 0.357. The molecule has 0 aliphatic carbocycles. The average Bonchev–Trinajstić information content (AvgIpc) is 2.47. The summed E-state index contributed by atoms with van der Waals surface area (Å²) in [7, 11) is 1.33. The van der Waals surface area contributed by atoms with E-state index in [0.717, 1.165) is 0 Å². The maximum Gasteiger partial charge on any atom is 0.306 e. The summed E-state index contributed by atoms with van der Waals surface area (Å²) < 4.78 is 4.53. The first-order valence-corrected chi connectivity index (χ1v) is 7.38. The number of hydrogen-bond acceptors (Lipinski definition) is 5. The van der Waals surface area contributed by atoms with Crippen molar-refractivity contribution in [3.8, 4) is 0 Å². The summed E-state index contributed by atoms with van der Waals surface area (Å²) in [6.45, 7) is 1.76. The lowest BCUT2D eigenvalue weighted by Gasteiger charge is -2.11. The Morgan fingerprint density at radius 2 is 1.90 bits per heavy atom. The molecular weight excluding hydrogens is 292 g/mol. The highest BCUT2D eigenvalue weighted by Crippen LogP contribution is 2.16. The first-order valence-electron chi connectivity index (χ1n) is 6.33. The number of carbonyl (C=O) groups is 3. The van der Waals surface area contributed by atoms with Crippen molar-refractivity contribution in [2.24, 2.45) is 5.73 Å². The highest BCUT2D eigenvalue weighted by atomic mass is 32.2. The van der Waals surface area contributed by atoms with Gasteiger partial charge in [-0.05, 0) is 31.2 Å². The summed E-state index contributed by atoms with van der Waals surface area (Å²) in [5.41, 5.74) is 6.11. The monoisotopic (exact) mass is 310 g/mol. The van der Waals surface area contributed by atoms with Crippen LogP contribution in [-0.4, -0.2) is 35.9 Å². The molecule has 0 aliphatic rings. The lowest BCUT2D eigenvalue weighted by Crippen LogP contribution is -2.23. The van der Waals surface area contributed by atoms with Crippen LogP contribution in [0.2, 0.25) is 0 Å². The first-order chi connectivity index (χ1) is 9.93. The highest BCUT2D eigenvalue weighted by Gasteiger charge is 2.14. The minimum atomic E-state index is -0.514. The number of thioether (sulfide) groups is 1. The summed E-state index contributed by atoms with van der Waals surface area (Å²) in [4.78, 5) is 33.8. The number of methoxy groups -OCH3 is 1. The van der Waals surface area contributed by atoms with Gasteiger partial charge in [0.1, 0.15) is 0 Å². The number of ether oxygens (including phenoxy) is 1. The number of nitrogens with one attached hydrogen (secondary N) is 1. The molecule has 6 nitrogen and oxygen atoms in total. The van der Waals surface area contributed by atoms with E-state index in [-0.39, 0.29) is 23.5 Å². The van der Waals surface area contributed by atoms with Gasteiger partial charge in [-0.1, -0.05) is 0 Å². The van der Waals surface area contributed by atoms with Crippen molar-refractivity contribution in [2.45, 2.75) is 18.6 Å². The summed E-state index contributed by atoms with van der Waals surface area (Å²) in [6.07, 6.45) is 0.270. The number of anilines is 1. The van der Waals surface area contributed by atoms with Gasteiger partial charge in [0.15, 0.2) is 0 Å². The molecule has 0 bridgehead atoms. The van der Waals surface area contributed by atoms with Crippen LogP contribution in [0.3, 0.4) is 0 Å². The third-order valence-electron chi connectivity index (χ3n) is 2.71. The predicted octanol–water partition coefficient (Wildman–Crippen LogP) is 1.41. The molecule has 1 aromatic rings. The quantitative estimate of drug-likeness (QED) is 0.742. The lowest BCUT2D eigenvalue weighted by atomic mass is 10.2. The van der Waals surface area contributed by atoms with Crippen LogP contribution in [0.1, 0.15) is 23.7 Å². The molecule has 1 atom stereocenters. The standard InChI is InChI=1S/C14H18N2O4S/c1-9(21-8-7-12(17)20-2)14(19)16-11-5-3-10(4-6-11)13(15)18/h3-6,9H,7-8H2,1-2H3,(H2,15,18)(H,16,19). The van der Waals surface area contributed by atoms with Gasteiger partial charge in [-0.2, -0.15) is 0 Å². The second-order valence-corrected chi connectivity index (χ2v) is 5.72. The van der Waals surface area contributed by atoms with Crippen molar-refractivity contribution in [2.75, 3.05) is 18.2 Å². The fourth-order valence-electron chi connectivity index (χ4n) is 1.46. The number of rotatable bonds is 7. The molecule has 21 heavy (non-hydrogen) atoms. The van der Waals surface area contributed by atoms with Gasteiger partial charge >= 0.3 is 5.97 Å². The third-order valence-corrected chi connectivity index (χ3v) is 3.86. The van der Waals surface area contributed by atoms with E-state index in [2.05, 4.69) is 10.1 Å². The number of hydrogen-bond donors (Lipinski definition) is 2. The van der Waals surface area contributed by atoms with Gasteiger partial charge in [0.05, 0.1) is 18.8 Å². The maximum atomic E-state index is 11.9. The number of amides is 2. The highest BCUT2D eigenvalue weighted by molar-refractivity contribution is 8.00. The Morgan fingerprint density at radius 3 is 2.43 bits per heavy atom. The average molecular weight is 310 g/mol. The molecule has 0 heterocycles. The minimum absolute atomic E-state index is 0.170. The minimum Gasteiger partial charge on any atom is -0.469 e. The second-order valence-electron chi connectivity index (χ2n) is 4.27. The zero-order valence-electron chi connectivity index (χ0n) is 11.9. The van der Waals surface area contributed by atoms with E-state index in [0.29, 0.717) is 17.0 Å². The third kappa shape index (κ3) is 5.86. The van der Waals surface area contributed by atoms with E-state index in [9.17, 15) is 14.4 Å². The Kier molecular flexibility index (Phi) is 6.74. The van der Waals surface area contributed by atoms with Gasteiger partial charge in [-0.15, -0.1) is 11.8 Å². The van der Waals surface area contributed by atoms with E-state index >= 15 is 0 Å². The van der Waals surface area contributed by atoms with Crippen molar-refractivity contribution in [3.63, 3.8) is 0 Å². The molecule has 7 heteroatoms. The van der Waals surface area contributed by atoms with Crippen LogP contribution in [0.25, 0.3) is 0 Å². The molecule has 0 radical (unpaired) electrons. The molecule has 0 fully saturated rings. The summed E-state index contributed by atoms with van der Waals surface area (Å²) in [6, 6.07) is 6.33. The molecule has 0 aliphatic heterocycles. The van der Waals surface area contributed by atoms with E-state index in [1.165, 1.54) is 18.9 Å². The van der Waals surface area contributed by atoms with Crippen molar-refractivity contribution < 1.29 is 19.1 Å². The van der Waals surface area contributed by atoms with Gasteiger partial charge in [0.2, 0.25) is 11.8 Å². The normalized spacial score (nSPS) is 11.5. The number of primary amides is 1. The number of carbonyl (C=O) groups excluding carboxylic acids is 3. The molecule has 1 unspecified atom stereocenters. The Morgan fingerprint density at radius 1 is 1.29 bits per heavy atom. The Bertz CT molecular complexity index is 516. The number of esters is 1. The van der Waals surface area contributed by atoms with E-state index in [1.807, 2.05) is 0 Å². The summed E-state index contributed by atoms with van der Waals surface area (Å²) >= 11 is 1.37. The smallest absolute Gasteiger partial charge is 0.306 e. The molecule has 0 saturated heterocycles. The summed E-state index contributed by atoms with van der Waals surface area (Å²) in [5.74, 6) is -0.463. The topological polar surface area (TPSA) is 98.5 Å². The van der Waals surface area contributed by atoms with Crippen LogP contribution < -0.4 is 11.1 Å². The van der Waals surface area contributed by atoms with Crippen LogP contribution in [-0.2, 0) is 14.3 Å². The van der Waals surface area contributed by atoms with Crippen molar-refractivity contribution in [1.82, 2.24) is 0 Å². The Balaban J connectivity index is 2.44. The van der Waals surface area contributed by atoms with Crippen molar-refractivity contribution >= 4 is 35.2 Å². The second kappa shape index (κ2) is 8.31. The number of nitrogens with two attached hydrogens (primary N) is 1. The van der Waals surface area contributed by atoms with Crippen LogP contribution in [0, 0.1) is 0 Å². The molecule has 0 aromatic heterocycles. The van der Waals surface area contributed by atoms with E-state index in [1.54, 1.807) is 31.2 Å². The maximum absolute atomic E-state index is 11.9. The van der Waals surface area contributed by atoms with Crippen LogP contribution in [0.15, 0.2) is 24.3 Å². The van der Waals surface area contributed by atoms with Gasteiger partial charge in [-0.3, -0.25) is 14.4 Å². The van der Waals surface area contributed by atoms with E-state index < -0.39 is 5.91 Å². The molecule has 1 aromatic carbocycles. The molecular formula is C14H18N2O4S. The SMILES string of the molecule is COC(=O)CCSC(C)C(=O)Nc1ccc(C(N)=O)cc1. The predicted molar refractivity (Wildman–Crippen MR) is 82.1 cm³/mol. The Labute approximate surface area is 127 Å². The molecule has 1 rings (SSSR count). The van der Waals surface area contributed by atoms with Crippen LogP contribution in [0.5, 0.6) is 0 Å². The van der Waals surface area contributed by atoms with Gasteiger partial charge in [0.25, 0.3) is 0 Å². The van der Waals surface area contributed by atoms with Crippen molar-refractivity contribution in [3.05, 3.63) is 29.8 Å². The van der Waals surface area contributed by atoms with E-state index in [4.69, 9.17) is 5.73 Å².